The van der Waals surface area contributed by atoms with Gasteiger partial charge >= 0.3 is 0 Å². The van der Waals surface area contributed by atoms with E-state index in [0.29, 0.717) is 5.82 Å². The van der Waals surface area contributed by atoms with Gasteiger partial charge in [0, 0.05) is 11.6 Å². The lowest BCUT2D eigenvalue weighted by Gasteiger charge is -2.01. The molecule has 78 valence electrons. The molecule has 2 heterocycles. The molecule has 0 bridgehead atoms. The standard InChI is InChI=1S/C13H11N3/c14-12-8-11-10(6-7-15-13(11)16-12)9-4-2-1-3-5-9/h1-8H,14H2,(H,15,16). The third-order valence-corrected chi connectivity index (χ3v) is 2.64. The second-order valence-electron chi connectivity index (χ2n) is 3.71. The SMILES string of the molecule is Nc1cc2c(-c3ccccc3)ccnc2[nH]1. The third-order valence-electron chi connectivity index (χ3n) is 2.64. The van der Waals surface area contributed by atoms with Crippen LogP contribution in [0.5, 0.6) is 0 Å². The van der Waals surface area contributed by atoms with Crippen LogP contribution in [-0.2, 0) is 0 Å². The number of nitrogen functional groups attached to an aromatic ring is 1. The number of aromatic nitrogens is 2. The van der Waals surface area contributed by atoms with Gasteiger partial charge in [-0.2, -0.15) is 0 Å². The summed E-state index contributed by atoms with van der Waals surface area (Å²) in [6.07, 6.45) is 1.79. The number of anilines is 1. The van der Waals surface area contributed by atoms with Crippen LogP contribution >= 0.6 is 0 Å². The number of fused-ring (bicyclic) bond motifs is 1. The molecule has 0 atom stereocenters. The molecule has 0 saturated heterocycles. The molecule has 3 rings (SSSR count). The Labute approximate surface area is 92.9 Å². The topological polar surface area (TPSA) is 54.7 Å². The molecule has 1 aromatic carbocycles. The van der Waals surface area contributed by atoms with E-state index in [1.165, 1.54) is 5.56 Å². The normalized spacial score (nSPS) is 10.8. The summed E-state index contributed by atoms with van der Waals surface area (Å²) in [5, 5.41) is 1.06. The predicted octanol–water partition coefficient (Wildman–Crippen LogP) is 2.81. The van der Waals surface area contributed by atoms with Crippen molar-refractivity contribution >= 4 is 16.9 Å². The summed E-state index contributed by atoms with van der Waals surface area (Å²) in [4.78, 5) is 7.29. The second-order valence-corrected chi connectivity index (χ2v) is 3.71. The van der Waals surface area contributed by atoms with Gasteiger partial charge in [0.2, 0.25) is 0 Å². The number of pyridine rings is 1. The molecule has 3 N–H and O–H groups in total. The molecular formula is C13H11N3. The fourth-order valence-corrected chi connectivity index (χ4v) is 1.92. The van der Waals surface area contributed by atoms with E-state index in [2.05, 4.69) is 22.1 Å². The smallest absolute Gasteiger partial charge is 0.139 e. The molecule has 3 heteroatoms. The first-order valence-electron chi connectivity index (χ1n) is 5.13. The van der Waals surface area contributed by atoms with E-state index in [1.54, 1.807) is 6.20 Å². The van der Waals surface area contributed by atoms with Crippen molar-refractivity contribution in [2.24, 2.45) is 0 Å². The van der Waals surface area contributed by atoms with Gasteiger partial charge in [0.25, 0.3) is 0 Å². The fourth-order valence-electron chi connectivity index (χ4n) is 1.92. The van der Waals surface area contributed by atoms with Crippen molar-refractivity contribution in [1.82, 2.24) is 9.97 Å². The highest BCUT2D eigenvalue weighted by molar-refractivity contribution is 5.94. The van der Waals surface area contributed by atoms with Crippen molar-refractivity contribution in [3.05, 3.63) is 48.7 Å². The van der Waals surface area contributed by atoms with Gasteiger partial charge in [0.05, 0.1) is 0 Å². The summed E-state index contributed by atoms with van der Waals surface area (Å²) < 4.78 is 0. The molecule has 0 unspecified atom stereocenters. The zero-order valence-corrected chi connectivity index (χ0v) is 8.64. The lowest BCUT2D eigenvalue weighted by Crippen LogP contribution is -1.82. The van der Waals surface area contributed by atoms with Crippen molar-refractivity contribution in [2.45, 2.75) is 0 Å². The number of nitrogens with two attached hydrogens (primary N) is 1. The average molecular weight is 209 g/mol. The molecule has 0 aliphatic heterocycles. The fraction of sp³-hybridized carbons (Fsp3) is 0. The summed E-state index contributed by atoms with van der Waals surface area (Å²) in [6, 6.07) is 14.1. The molecule has 3 aromatic rings. The van der Waals surface area contributed by atoms with Crippen molar-refractivity contribution in [2.75, 3.05) is 5.73 Å². The number of hydrogen-bond donors (Lipinski definition) is 2. The van der Waals surface area contributed by atoms with Crippen molar-refractivity contribution in [3.63, 3.8) is 0 Å². The Balaban J connectivity index is 2.31. The average Bonchev–Trinajstić information content (AvgIpc) is 2.70. The maximum atomic E-state index is 5.74. The van der Waals surface area contributed by atoms with Crippen LogP contribution in [0, 0.1) is 0 Å². The molecule has 3 nitrogen and oxygen atoms in total. The monoisotopic (exact) mass is 209 g/mol. The maximum absolute atomic E-state index is 5.74. The largest absolute Gasteiger partial charge is 0.385 e. The molecule has 0 aliphatic rings. The van der Waals surface area contributed by atoms with Crippen molar-refractivity contribution in [3.8, 4) is 11.1 Å². The highest BCUT2D eigenvalue weighted by Gasteiger charge is 2.06. The Morgan fingerprint density at radius 3 is 2.69 bits per heavy atom. The van der Waals surface area contributed by atoms with Crippen LogP contribution in [0.3, 0.4) is 0 Å². The lowest BCUT2D eigenvalue weighted by atomic mass is 10.0. The van der Waals surface area contributed by atoms with Crippen LogP contribution < -0.4 is 5.73 Å². The van der Waals surface area contributed by atoms with Crippen LogP contribution in [0.2, 0.25) is 0 Å². The molecule has 0 aliphatic carbocycles. The van der Waals surface area contributed by atoms with Gasteiger partial charge in [0.15, 0.2) is 0 Å². The van der Waals surface area contributed by atoms with Crippen LogP contribution in [-0.4, -0.2) is 9.97 Å². The van der Waals surface area contributed by atoms with Gasteiger partial charge in [0.1, 0.15) is 11.5 Å². The van der Waals surface area contributed by atoms with Gasteiger partial charge in [-0.25, -0.2) is 4.98 Å². The Morgan fingerprint density at radius 2 is 1.88 bits per heavy atom. The van der Waals surface area contributed by atoms with Crippen molar-refractivity contribution < 1.29 is 0 Å². The molecule has 0 amide bonds. The minimum absolute atomic E-state index is 0.644. The highest BCUT2D eigenvalue weighted by Crippen LogP contribution is 2.28. The van der Waals surface area contributed by atoms with E-state index in [-0.39, 0.29) is 0 Å². The molecule has 0 fully saturated rings. The number of rotatable bonds is 1. The lowest BCUT2D eigenvalue weighted by molar-refractivity contribution is 1.33. The first-order chi connectivity index (χ1) is 7.84. The molecule has 0 radical (unpaired) electrons. The van der Waals surface area contributed by atoms with Gasteiger partial charge in [-0.3, -0.25) is 0 Å². The van der Waals surface area contributed by atoms with E-state index in [1.807, 2.05) is 30.3 Å². The minimum atomic E-state index is 0.644. The summed E-state index contributed by atoms with van der Waals surface area (Å²) in [6.45, 7) is 0. The Morgan fingerprint density at radius 1 is 1.06 bits per heavy atom. The number of nitrogens with one attached hydrogen (secondary N) is 1. The molecule has 16 heavy (non-hydrogen) atoms. The third kappa shape index (κ3) is 1.34. The minimum Gasteiger partial charge on any atom is -0.385 e. The van der Waals surface area contributed by atoms with Gasteiger partial charge in [-0.05, 0) is 23.3 Å². The van der Waals surface area contributed by atoms with E-state index >= 15 is 0 Å². The Kier molecular flexibility index (Phi) is 1.90. The Hall–Kier alpha value is -2.29. The number of benzene rings is 1. The summed E-state index contributed by atoms with van der Waals surface area (Å²) in [5.74, 6) is 0.644. The molecule has 2 aromatic heterocycles. The van der Waals surface area contributed by atoms with Crippen LogP contribution in [0.25, 0.3) is 22.2 Å². The van der Waals surface area contributed by atoms with Gasteiger partial charge < -0.3 is 10.7 Å². The highest BCUT2D eigenvalue weighted by atomic mass is 14.9. The summed E-state index contributed by atoms with van der Waals surface area (Å²) in [5.41, 5.74) is 8.90. The van der Waals surface area contributed by atoms with Crippen LogP contribution in [0.15, 0.2) is 48.7 Å². The van der Waals surface area contributed by atoms with E-state index in [9.17, 15) is 0 Å². The summed E-state index contributed by atoms with van der Waals surface area (Å²) in [7, 11) is 0. The number of H-pyrrole nitrogens is 1. The zero-order chi connectivity index (χ0) is 11.0. The van der Waals surface area contributed by atoms with E-state index in [0.717, 1.165) is 16.6 Å². The quantitative estimate of drug-likeness (QED) is 0.647. The molecule has 0 spiro atoms. The van der Waals surface area contributed by atoms with E-state index < -0.39 is 0 Å². The first-order valence-corrected chi connectivity index (χ1v) is 5.13. The van der Waals surface area contributed by atoms with Crippen LogP contribution in [0.4, 0.5) is 5.82 Å². The van der Waals surface area contributed by atoms with Crippen LogP contribution in [0.1, 0.15) is 0 Å². The number of aromatic amines is 1. The summed E-state index contributed by atoms with van der Waals surface area (Å²) >= 11 is 0. The van der Waals surface area contributed by atoms with Gasteiger partial charge in [-0.15, -0.1) is 0 Å². The number of nitrogens with zero attached hydrogens (tertiary/aromatic N) is 1. The van der Waals surface area contributed by atoms with Gasteiger partial charge in [-0.1, -0.05) is 30.3 Å². The first kappa shape index (κ1) is 8.97. The number of hydrogen-bond acceptors (Lipinski definition) is 2. The second kappa shape index (κ2) is 3.38. The van der Waals surface area contributed by atoms with Crippen molar-refractivity contribution in [1.29, 1.82) is 0 Å². The predicted molar refractivity (Wildman–Crippen MR) is 65.9 cm³/mol. The zero-order valence-electron chi connectivity index (χ0n) is 8.64. The Bertz CT molecular complexity index is 626. The maximum Gasteiger partial charge on any atom is 0.139 e. The molecular weight excluding hydrogens is 198 g/mol. The van der Waals surface area contributed by atoms with E-state index in [4.69, 9.17) is 5.73 Å². The molecule has 0 saturated carbocycles.